The highest BCUT2D eigenvalue weighted by atomic mass is 32.1. The molecule has 0 unspecified atom stereocenters. The van der Waals surface area contributed by atoms with Gasteiger partial charge in [0.15, 0.2) is 0 Å². The van der Waals surface area contributed by atoms with E-state index in [9.17, 15) is 9.90 Å². The van der Waals surface area contributed by atoms with Crippen molar-refractivity contribution in [3.05, 3.63) is 82.3 Å². The Balaban J connectivity index is 1.39. The van der Waals surface area contributed by atoms with E-state index in [2.05, 4.69) is 38.4 Å². The Morgan fingerprint density at radius 3 is 2.67 bits per heavy atom. The van der Waals surface area contributed by atoms with Crippen LogP contribution in [0.1, 0.15) is 41.3 Å². The SMILES string of the molecule is O=C(C[C@@H](c1cccs1)n1cccc1)NCc1ccccc1CN1CCC[C@H]1CO. The molecule has 5 nitrogen and oxygen atoms in total. The summed E-state index contributed by atoms with van der Waals surface area (Å²) >= 11 is 1.68. The van der Waals surface area contributed by atoms with Gasteiger partial charge in [0.25, 0.3) is 0 Å². The molecule has 158 valence electrons. The van der Waals surface area contributed by atoms with Gasteiger partial charge in [0.2, 0.25) is 5.91 Å². The molecule has 2 atom stereocenters. The van der Waals surface area contributed by atoms with Crippen molar-refractivity contribution < 1.29 is 9.90 Å². The Bertz CT molecular complexity index is 890. The molecule has 1 aromatic carbocycles. The molecule has 3 heterocycles. The average molecular weight is 424 g/mol. The van der Waals surface area contributed by atoms with Gasteiger partial charge in [-0.15, -0.1) is 11.3 Å². The molecular formula is C24H29N3O2S. The first-order valence-electron chi connectivity index (χ1n) is 10.6. The molecular weight excluding hydrogens is 394 g/mol. The molecule has 0 radical (unpaired) electrons. The predicted octanol–water partition coefficient (Wildman–Crippen LogP) is 3.80. The van der Waals surface area contributed by atoms with Gasteiger partial charge in [0.1, 0.15) is 0 Å². The Morgan fingerprint density at radius 2 is 1.93 bits per heavy atom. The van der Waals surface area contributed by atoms with Crippen molar-refractivity contribution in [1.29, 1.82) is 0 Å². The van der Waals surface area contributed by atoms with Gasteiger partial charge in [-0.2, -0.15) is 0 Å². The molecule has 1 saturated heterocycles. The first-order valence-corrected chi connectivity index (χ1v) is 11.5. The minimum absolute atomic E-state index is 0.0187. The van der Waals surface area contributed by atoms with Gasteiger partial charge in [0, 0.05) is 36.4 Å². The average Bonchev–Trinajstić information content (AvgIpc) is 3.54. The van der Waals surface area contributed by atoms with Crippen molar-refractivity contribution in [3.63, 3.8) is 0 Å². The lowest BCUT2D eigenvalue weighted by atomic mass is 10.1. The van der Waals surface area contributed by atoms with E-state index in [0.29, 0.717) is 13.0 Å². The highest BCUT2D eigenvalue weighted by molar-refractivity contribution is 7.10. The van der Waals surface area contributed by atoms with Crippen LogP contribution in [0.5, 0.6) is 0 Å². The molecule has 1 amide bonds. The predicted molar refractivity (Wildman–Crippen MR) is 120 cm³/mol. The van der Waals surface area contributed by atoms with E-state index >= 15 is 0 Å². The Morgan fingerprint density at radius 1 is 1.13 bits per heavy atom. The first kappa shape index (κ1) is 20.8. The van der Waals surface area contributed by atoms with Crippen LogP contribution in [0.2, 0.25) is 0 Å². The summed E-state index contributed by atoms with van der Waals surface area (Å²) in [6.07, 6.45) is 6.63. The summed E-state index contributed by atoms with van der Waals surface area (Å²) in [5.41, 5.74) is 2.36. The molecule has 2 aromatic heterocycles. The number of aliphatic hydroxyl groups excluding tert-OH is 1. The molecule has 6 heteroatoms. The van der Waals surface area contributed by atoms with Gasteiger partial charge >= 0.3 is 0 Å². The van der Waals surface area contributed by atoms with Gasteiger partial charge in [0.05, 0.1) is 19.1 Å². The van der Waals surface area contributed by atoms with Gasteiger partial charge in [-0.25, -0.2) is 0 Å². The minimum Gasteiger partial charge on any atom is -0.395 e. The van der Waals surface area contributed by atoms with Crippen molar-refractivity contribution in [2.45, 2.75) is 44.4 Å². The van der Waals surface area contributed by atoms with Crippen LogP contribution in [0.15, 0.2) is 66.3 Å². The molecule has 2 N–H and O–H groups in total. The second-order valence-corrected chi connectivity index (χ2v) is 8.84. The lowest BCUT2D eigenvalue weighted by molar-refractivity contribution is -0.121. The number of carbonyl (C=O) groups is 1. The zero-order valence-corrected chi connectivity index (χ0v) is 17.9. The Kier molecular flexibility index (Phi) is 7.00. The third-order valence-electron chi connectivity index (χ3n) is 5.92. The normalized spacial score (nSPS) is 17.8. The fraction of sp³-hybridized carbons (Fsp3) is 0.375. The topological polar surface area (TPSA) is 57.5 Å². The number of likely N-dealkylation sites (tertiary alicyclic amines) is 1. The number of aliphatic hydroxyl groups is 1. The molecule has 0 saturated carbocycles. The van der Waals surface area contributed by atoms with Crippen molar-refractivity contribution in [2.75, 3.05) is 13.2 Å². The second-order valence-electron chi connectivity index (χ2n) is 7.86. The zero-order chi connectivity index (χ0) is 20.8. The van der Waals surface area contributed by atoms with Crippen molar-refractivity contribution in [3.8, 4) is 0 Å². The summed E-state index contributed by atoms with van der Waals surface area (Å²) in [5, 5.41) is 14.8. The van der Waals surface area contributed by atoms with E-state index in [4.69, 9.17) is 0 Å². The van der Waals surface area contributed by atoms with Crippen LogP contribution in [0.4, 0.5) is 0 Å². The number of hydrogen-bond donors (Lipinski definition) is 2. The third kappa shape index (κ3) is 5.01. The van der Waals surface area contributed by atoms with E-state index in [1.165, 1.54) is 10.4 Å². The molecule has 1 aliphatic rings. The lowest BCUT2D eigenvalue weighted by Crippen LogP contribution is -2.32. The maximum atomic E-state index is 12.8. The maximum absolute atomic E-state index is 12.8. The van der Waals surface area contributed by atoms with Crippen molar-refractivity contribution >= 4 is 17.2 Å². The highest BCUT2D eigenvalue weighted by Gasteiger charge is 2.24. The minimum atomic E-state index is 0.0187. The number of rotatable bonds is 9. The standard InChI is InChI=1S/C24H29N3O2S/c28-18-21-9-5-13-27(21)17-20-8-2-1-7-19(20)16-25-24(29)15-22(23-10-6-14-30-23)26-11-3-4-12-26/h1-4,6-8,10-12,14,21-22,28H,5,9,13,15-18H2,(H,25,29)/t21-,22-/m0/s1. The summed E-state index contributed by atoms with van der Waals surface area (Å²) in [5.74, 6) is 0.0475. The number of hydrogen-bond acceptors (Lipinski definition) is 4. The van der Waals surface area contributed by atoms with E-state index in [1.54, 1.807) is 11.3 Å². The van der Waals surface area contributed by atoms with Crippen LogP contribution in [0.25, 0.3) is 0 Å². The maximum Gasteiger partial charge on any atom is 0.222 e. The number of nitrogens with zero attached hydrogens (tertiary/aromatic N) is 2. The molecule has 1 fully saturated rings. The van der Waals surface area contributed by atoms with Crippen LogP contribution in [-0.4, -0.2) is 39.7 Å². The van der Waals surface area contributed by atoms with Crippen molar-refractivity contribution in [2.24, 2.45) is 0 Å². The first-order chi connectivity index (χ1) is 14.7. The van der Waals surface area contributed by atoms with Crippen LogP contribution in [-0.2, 0) is 17.9 Å². The van der Waals surface area contributed by atoms with Gasteiger partial charge in [-0.3, -0.25) is 9.69 Å². The third-order valence-corrected chi connectivity index (χ3v) is 6.89. The smallest absolute Gasteiger partial charge is 0.222 e. The number of nitrogens with one attached hydrogen (secondary N) is 1. The molecule has 0 spiro atoms. The van der Waals surface area contributed by atoms with Gasteiger partial charge in [-0.05, 0) is 54.1 Å². The number of thiophene rings is 1. The van der Waals surface area contributed by atoms with Crippen LogP contribution in [0, 0.1) is 0 Å². The second kappa shape index (κ2) is 10.1. The van der Waals surface area contributed by atoms with Gasteiger partial charge < -0.3 is 15.0 Å². The number of benzene rings is 1. The Labute approximate surface area is 182 Å². The monoisotopic (exact) mass is 423 g/mol. The lowest BCUT2D eigenvalue weighted by Gasteiger charge is -2.24. The summed E-state index contributed by atoms with van der Waals surface area (Å²) < 4.78 is 2.10. The number of amides is 1. The Hall–Kier alpha value is -2.41. The quantitative estimate of drug-likeness (QED) is 0.550. The highest BCUT2D eigenvalue weighted by Crippen LogP contribution is 2.26. The van der Waals surface area contributed by atoms with E-state index in [0.717, 1.165) is 31.5 Å². The molecule has 0 bridgehead atoms. The molecule has 1 aliphatic heterocycles. The summed E-state index contributed by atoms with van der Waals surface area (Å²) in [4.78, 5) is 16.3. The van der Waals surface area contributed by atoms with Crippen LogP contribution >= 0.6 is 11.3 Å². The summed E-state index contributed by atoms with van der Waals surface area (Å²) in [7, 11) is 0. The molecule has 30 heavy (non-hydrogen) atoms. The fourth-order valence-corrected chi connectivity index (χ4v) is 5.08. The van der Waals surface area contributed by atoms with E-state index in [1.807, 2.05) is 42.7 Å². The van der Waals surface area contributed by atoms with Gasteiger partial charge in [-0.1, -0.05) is 30.3 Å². The van der Waals surface area contributed by atoms with E-state index < -0.39 is 0 Å². The zero-order valence-electron chi connectivity index (χ0n) is 17.1. The fourth-order valence-electron chi connectivity index (χ4n) is 4.24. The number of carbonyl (C=O) groups excluding carboxylic acids is 1. The number of aromatic nitrogens is 1. The largest absolute Gasteiger partial charge is 0.395 e. The van der Waals surface area contributed by atoms with Crippen molar-refractivity contribution in [1.82, 2.24) is 14.8 Å². The van der Waals surface area contributed by atoms with Crippen LogP contribution < -0.4 is 5.32 Å². The summed E-state index contributed by atoms with van der Waals surface area (Å²) in [6, 6.07) is 16.7. The van der Waals surface area contributed by atoms with Crippen LogP contribution in [0.3, 0.4) is 0 Å². The summed E-state index contributed by atoms with van der Waals surface area (Å²) in [6.45, 7) is 2.57. The molecule has 4 rings (SSSR count). The van der Waals surface area contributed by atoms with E-state index in [-0.39, 0.29) is 24.6 Å². The molecule has 0 aliphatic carbocycles. The molecule has 3 aromatic rings.